The fourth-order valence-corrected chi connectivity index (χ4v) is 4.57. The summed E-state index contributed by atoms with van der Waals surface area (Å²) in [6.07, 6.45) is 0. The summed E-state index contributed by atoms with van der Waals surface area (Å²) in [6.45, 7) is 1.55. The number of aryl methyl sites for hydroxylation is 1. The molecule has 0 N–H and O–H groups in total. The van der Waals surface area contributed by atoms with Gasteiger partial charge in [-0.15, -0.1) is 11.3 Å². The summed E-state index contributed by atoms with van der Waals surface area (Å²) in [6, 6.07) is 1.38. The van der Waals surface area contributed by atoms with Crippen LogP contribution in [0.5, 0.6) is 0 Å². The van der Waals surface area contributed by atoms with E-state index in [4.69, 9.17) is 16.1 Å². The Morgan fingerprint density at radius 3 is 2.78 bits per heavy atom. The third-order valence-corrected chi connectivity index (χ3v) is 5.66. The van der Waals surface area contributed by atoms with Gasteiger partial charge in [0.25, 0.3) is 21.8 Å². The number of carbonyl (C=O) groups excluding carboxylic acids is 1. The van der Waals surface area contributed by atoms with Crippen molar-refractivity contribution >= 4 is 44.8 Å². The Balaban J connectivity index is 2.25. The molecule has 0 aromatic carbocycles. The molecule has 18 heavy (non-hydrogen) atoms. The molecular weight excluding hydrogens is 300 g/mol. The van der Waals surface area contributed by atoms with Crippen LogP contribution in [-0.4, -0.2) is 19.5 Å². The number of halogens is 1. The van der Waals surface area contributed by atoms with E-state index in [1.165, 1.54) is 6.07 Å². The van der Waals surface area contributed by atoms with Gasteiger partial charge in [0.05, 0.1) is 0 Å². The summed E-state index contributed by atoms with van der Waals surface area (Å²) in [5, 5.41) is 5.11. The fourth-order valence-electron chi connectivity index (χ4n) is 1.63. The minimum absolute atomic E-state index is 0.0158. The molecular formula is C9H5ClN2O4S2. The minimum Gasteiger partial charge on any atom is -0.335 e. The van der Waals surface area contributed by atoms with Gasteiger partial charge in [0.1, 0.15) is 20.5 Å². The Hall–Kier alpha value is -1.38. The van der Waals surface area contributed by atoms with Crippen molar-refractivity contribution in [1.82, 2.24) is 5.16 Å². The van der Waals surface area contributed by atoms with Gasteiger partial charge in [0.2, 0.25) is 0 Å². The number of fused-ring (bicyclic) bond motifs is 1. The van der Waals surface area contributed by atoms with E-state index >= 15 is 0 Å². The van der Waals surface area contributed by atoms with Crippen LogP contribution in [0, 0.1) is 6.92 Å². The third kappa shape index (κ3) is 1.30. The monoisotopic (exact) mass is 304 g/mol. The number of aromatic nitrogens is 1. The molecule has 94 valence electrons. The third-order valence-electron chi connectivity index (χ3n) is 2.48. The van der Waals surface area contributed by atoms with Crippen LogP contribution in [0.1, 0.15) is 15.4 Å². The lowest BCUT2D eigenvalue weighted by molar-refractivity contribution is 0.101. The Bertz CT molecular complexity index is 761. The standard InChI is InChI=1S/C9H5ClN2O4S2/c1-4-6(10)9(16-11-4)12-8(13)7-5(2-3-17-7)18(12,14)15/h2-3H,1H3. The molecule has 0 aliphatic carbocycles. The predicted octanol–water partition coefficient (Wildman–Crippen LogP) is 2.05. The number of nitrogens with zero attached hydrogens (tertiary/aromatic N) is 2. The van der Waals surface area contributed by atoms with Crippen molar-refractivity contribution in [1.29, 1.82) is 0 Å². The van der Waals surface area contributed by atoms with Crippen LogP contribution in [0.25, 0.3) is 0 Å². The van der Waals surface area contributed by atoms with Gasteiger partial charge in [0.15, 0.2) is 0 Å². The van der Waals surface area contributed by atoms with Crippen LogP contribution >= 0.6 is 22.9 Å². The molecule has 0 saturated carbocycles. The average Bonchev–Trinajstić information content (AvgIpc) is 2.94. The Kier molecular flexibility index (Phi) is 2.31. The second-order valence-corrected chi connectivity index (χ2v) is 6.62. The van der Waals surface area contributed by atoms with E-state index in [0.717, 1.165) is 11.3 Å². The van der Waals surface area contributed by atoms with Gasteiger partial charge in [0, 0.05) is 0 Å². The lowest BCUT2D eigenvalue weighted by Gasteiger charge is -2.10. The molecule has 9 heteroatoms. The molecule has 2 aromatic heterocycles. The predicted molar refractivity (Wildman–Crippen MR) is 64.6 cm³/mol. The van der Waals surface area contributed by atoms with Gasteiger partial charge in [-0.1, -0.05) is 16.8 Å². The first-order valence-corrected chi connectivity index (χ1v) is 7.43. The van der Waals surface area contributed by atoms with E-state index in [1.807, 2.05) is 0 Å². The van der Waals surface area contributed by atoms with Crippen molar-refractivity contribution in [3.63, 3.8) is 0 Å². The summed E-state index contributed by atoms with van der Waals surface area (Å²) in [5.41, 5.74) is 0.324. The summed E-state index contributed by atoms with van der Waals surface area (Å²) in [5.74, 6) is -0.930. The molecule has 1 aliphatic heterocycles. The SMILES string of the molecule is Cc1noc(N2C(=O)c3sccc3S2(=O)=O)c1Cl. The first-order valence-electron chi connectivity index (χ1n) is 4.73. The van der Waals surface area contributed by atoms with Crippen molar-refractivity contribution in [2.24, 2.45) is 0 Å². The normalized spacial score (nSPS) is 17.2. The number of anilines is 1. The van der Waals surface area contributed by atoms with Crippen LogP contribution < -0.4 is 4.31 Å². The highest BCUT2D eigenvalue weighted by atomic mass is 35.5. The molecule has 0 spiro atoms. The highest BCUT2D eigenvalue weighted by Gasteiger charge is 2.46. The molecule has 0 bridgehead atoms. The van der Waals surface area contributed by atoms with Crippen LogP contribution in [0.4, 0.5) is 5.88 Å². The number of rotatable bonds is 1. The van der Waals surface area contributed by atoms with E-state index in [2.05, 4.69) is 5.16 Å². The number of thiophene rings is 1. The maximum Gasteiger partial charge on any atom is 0.286 e. The van der Waals surface area contributed by atoms with Crippen LogP contribution in [-0.2, 0) is 10.0 Å². The Morgan fingerprint density at radius 1 is 1.50 bits per heavy atom. The van der Waals surface area contributed by atoms with E-state index in [9.17, 15) is 13.2 Å². The maximum absolute atomic E-state index is 12.2. The average molecular weight is 305 g/mol. The van der Waals surface area contributed by atoms with Crippen molar-refractivity contribution < 1.29 is 17.7 Å². The largest absolute Gasteiger partial charge is 0.335 e. The molecule has 0 atom stereocenters. The van der Waals surface area contributed by atoms with Gasteiger partial charge in [-0.3, -0.25) is 4.79 Å². The zero-order valence-electron chi connectivity index (χ0n) is 8.88. The van der Waals surface area contributed by atoms with Crippen molar-refractivity contribution in [3.8, 4) is 0 Å². The van der Waals surface area contributed by atoms with Gasteiger partial charge < -0.3 is 4.52 Å². The van der Waals surface area contributed by atoms with E-state index in [0.29, 0.717) is 10.00 Å². The van der Waals surface area contributed by atoms with E-state index < -0.39 is 15.9 Å². The van der Waals surface area contributed by atoms with E-state index in [1.54, 1.807) is 12.3 Å². The number of sulfonamides is 1. The van der Waals surface area contributed by atoms with Crippen molar-refractivity contribution in [3.05, 3.63) is 27.0 Å². The number of hydrogen-bond acceptors (Lipinski definition) is 6. The lowest BCUT2D eigenvalue weighted by atomic mass is 10.4. The molecule has 0 unspecified atom stereocenters. The molecule has 1 amide bonds. The molecule has 1 aliphatic rings. The van der Waals surface area contributed by atoms with Gasteiger partial charge >= 0.3 is 0 Å². The summed E-state index contributed by atoms with van der Waals surface area (Å²) in [7, 11) is -3.94. The van der Waals surface area contributed by atoms with Crippen molar-refractivity contribution in [2.45, 2.75) is 11.8 Å². The first-order chi connectivity index (χ1) is 8.44. The smallest absolute Gasteiger partial charge is 0.286 e. The highest BCUT2D eigenvalue weighted by Crippen LogP contribution is 2.40. The van der Waals surface area contributed by atoms with Crippen LogP contribution in [0.15, 0.2) is 20.9 Å². The Morgan fingerprint density at radius 2 is 2.22 bits per heavy atom. The molecule has 3 heterocycles. The van der Waals surface area contributed by atoms with Gasteiger partial charge in [-0.05, 0) is 18.4 Å². The second-order valence-electron chi connectivity index (χ2n) is 3.58. The topological polar surface area (TPSA) is 80.5 Å². The minimum atomic E-state index is -3.94. The zero-order valence-corrected chi connectivity index (χ0v) is 11.3. The van der Waals surface area contributed by atoms with Gasteiger partial charge in [-0.2, -0.15) is 4.31 Å². The molecule has 0 saturated heterocycles. The maximum atomic E-state index is 12.2. The van der Waals surface area contributed by atoms with Crippen LogP contribution in [0.2, 0.25) is 5.02 Å². The molecule has 0 radical (unpaired) electrons. The lowest BCUT2D eigenvalue weighted by Crippen LogP contribution is -2.29. The Labute approximate surface area is 111 Å². The molecule has 3 rings (SSSR count). The highest BCUT2D eigenvalue weighted by molar-refractivity contribution is 7.94. The molecule has 0 fully saturated rings. The first kappa shape index (κ1) is 11.7. The summed E-state index contributed by atoms with van der Waals surface area (Å²) >= 11 is 6.94. The summed E-state index contributed by atoms with van der Waals surface area (Å²) in [4.78, 5) is 12.2. The van der Waals surface area contributed by atoms with Gasteiger partial charge in [-0.25, -0.2) is 8.42 Å². The number of carbonyl (C=O) groups is 1. The number of hydrogen-bond donors (Lipinski definition) is 0. The van der Waals surface area contributed by atoms with Crippen molar-refractivity contribution in [2.75, 3.05) is 4.31 Å². The molecule has 6 nitrogen and oxygen atoms in total. The summed E-state index contributed by atoms with van der Waals surface area (Å²) < 4.78 is 29.8. The van der Waals surface area contributed by atoms with Crippen LogP contribution in [0.3, 0.4) is 0 Å². The van der Waals surface area contributed by atoms with E-state index in [-0.39, 0.29) is 20.7 Å². The molecule has 2 aromatic rings. The quantitative estimate of drug-likeness (QED) is 0.805. The second kappa shape index (κ2) is 3.56. The fraction of sp³-hybridized carbons (Fsp3) is 0.111. The zero-order chi connectivity index (χ0) is 13.1. The number of amides is 1.